The summed E-state index contributed by atoms with van der Waals surface area (Å²) in [5, 5.41) is 3.27. The number of rotatable bonds is 7. The summed E-state index contributed by atoms with van der Waals surface area (Å²) in [6.07, 6.45) is 11.0. The predicted octanol–water partition coefficient (Wildman–Crippen LogP) is 2.59. The highest BCUT2D eigenvalue weighted by Gasteiger charge is 2.42. The van der Waals surface area contributed by atoms with Crippen LogP contribution in [0.5, 0.6) is 0 Å². The lowest BCUT2D eigenvalue weighted by atomic mass is 9.73. The van der Waals surface area contributed by atoms with Crippen molar-refractivity contribution in [3.8, 4) is 16.9 Å². The Morgan fingerprint density at radius 1 is 1.06 bits per heavy atom. The van der Waals surface area contributed by atoms with Crippen LogP contribution < -0.4 is 21.3 Å². The standard InChI is InChI=1S/C38H44B2N8O3/c1-23-19-45(38(40)21-51-22-38)10-11-46(23)27-6-7-32(42-18-27)43-29-14-26(20-44(5)35(29)49)28-8-9-41-34(33(28)24(2)39)48-13-12-47-30(36(48)50)15-25-16-37(3,4)17-31(25)47/h6-9,12-15,18,20,23H,2,10-11,16-17,19,21-22,39-40H2,1,3-5H3,(H,42,43)/t23-/m0/s1. The first kappa shape index (κ1) is 33.3. The number of aryl methyl sites for hydroxylation is 1. The zero-order valence-corrected chi connectivity index (χ0v) is 30.4. The number of ether oxygens (including phenoxy) is 1. The number of hydrogen-bond donors (Lipinski definition) is 1. The van der Waals surface area contributed by atoms with Gasteiger partial charge in [0.25, 0.3) is 11.1 Å². The molecule has 0 bridgehead atoms. The Morgan fingerprint density at radius 2 is 1.86 bits per heavy atom. The molecule has 260 valence electrons. The molecule has 0 radical (unpaired) electrons. The summed E-state index contributed by atoms with van der Waals surface area (Å²) in [4.78, 5) is 41.7. The SMILES string of the molecule is BC(=C)c1c(-c2cc(Nc3ccc(N4CCN(C5(B)COC5)C[C@@H]4C)cn3)c(=O)n(C)c2)ccnc1-n1ccn2c3c(cc2c1=O)CC(C)(C)C3. The molecule has 2 fully saturated rings. The molecule has 1 aliphatic carbocycles. The second-order valence-electron chi connectivity index (χ2n) is 15.8. The van der Waals surface area contributed by atoms with Crippen LogP contribution in [-0.2, 0) is 24.6 Å². The van der Waals surface area contributed by atoms with E-state index in [0.29, 0.717) is 28.9 Å². The summed E-state index contributed by atoms with van der Waals surface area (Å²) in [6.45, 7) is 15.5. The summed E-state index contributed by atoms with van der Waals surface area (Å²) < 4.78 is 10.7. The van der Waals surface area contributed by atoms with Gasteiger partial charge in [-0.1, -0.05) is 19.3 Å². The molecule has 5 aromatic heterocycles. The van der Waals surface area contributed by atoms with Crippen molar-refractivity contribution >= 4 is 43.9 Å². The number of piperazine rings is 1. The van der Waals surface area contributed by atoms with Gasteiger partial charge in [-0.3, -0.25) is 19.1 Å². The highest BCUT2D eigenvalue weighted by Crippen LogP contribution is 2.38. The van der Waals surface area contributed by atoms with Crippen molar-refractivity contribution in [3.05, 3.63) is 105 Å². The van der Waals surface area contributed by atoms with Crippen molar-refractivity contribution in [1.82, 2.24) is 28.4 Å². The van der Waals surface area contributed by atoms with E-state index in [9.17, 15) is 9.59 Å². The molecule has 7 heterocycles. The van der Waals surface area contributed by atoms with Gasteiger partial charge in [-0.05, 0) is 66.6 Å². The highest BCUT2D eigenvalue weighted by molar-refractivity contribution is 6.43. The lowest BCUT2D eigenvalue weighted by molar-refractivity contribution is -0.0963. The molecule has 2 aliphatic heterocycles. The Labute approximate surface area is 299 Å². The summed E-state index contributed by atoms with van der Waals surface area (Å²) in [7, 11) is 5.93. The Balaban J connectivity index is 1.09. The molecule has 5 aromatic rings. The van der Waals surface area contributed by atoms with Crippen LogP contribution in [-0.4, -0.2) is 88.4 Å². The molecule has 8 rings (SSSR count). The predicted molar refractivity (Wildman–Crippen MR) is 208 cm³/mol. The first-order chi connectivity index (χ1) is 24.3. The quantitative estimate of drug-likeness (QED) is 0.262. The number of aromatic nitrogens is 5. The van der Waals surface area contributed by atoms with E-state index in [-0.39, 0.29) is 22.0 Å². The lowest BCUT2D eigenvalue weighted by Crippen LogP contribution is -2.68. The molecule has 0 saturated carbocycles. The third-order valence-electron chi connectivity index (χ3n) is 11.0. The van der Waals surface area contributed by atoms with Crippen LogP contribution in [0.25, 0.3) is 27.9 Å². The van der Waals surface area contributed by atoms with Crippen LogP contribution in [0.1, 0.15) is 37.6 Å². The number of nitrogens with zero attached hydrogens (tertiary/aromatic N) is 7. The molecule has 2 saturated heterocycles. The van der Waals surface area contributed by atoms with Gasteiger partial charge in [-0.2, -0.15) is 0 Å². The Bertz CT molecular complexity index is 2320. The highest BCUT2D eigenvalue weighted by atomic mass is 16.5. The number of hydrogen-bond acceptors (Lipinski definition) is 8. The first-order valence-electron chi connectivity index (χ1n) is 17.8. The maximum absolute atomic E-state index is 14.0. The fourth-order valence-corrected chi connectivity index (χ4v) is 8.25. The van der Waals surface area contributed by atoms with Crippen LogP contribution >= 0.6 is 0 Å². The Hall–Kier alpha value is -4.87. The van der Waals surface area contributed by atoms with Gasteiger partial charge in [0, 0.05) is 79.8 Å². The van der Waals surface area contributed by atoms with E-state index in [0.717, 1.165) is 73.5 Å². The van der Waals surface area contributed by atoms with Gasteiger partial charge in [-0.25, -0.2) is 9.97 Å². The van der Waals surface area contributed by atoms with Crippen molar-refractivity contribution in [2.75, 3.05) is 43.1 Å². The van der Waals surface area contributed by atoms with E-state index in [2.05, 4.69) is 56.4 Å². The molecular weight excluding hydrogens is 638 g/mol. The minimum Gasteiger partial charge on any atom is -0.379 e. The van der Waals surface area contributed by atoms with Crippen molar-refractivity contribution in [3.63, 3.8) is 0 Å². The topological polar surface area (TPSA) is 102 Å². The van der Waals surface area contributed by atoms with Gasteiger partial charge in [0.15, 0.2) is 0 Å². The molecule has 11 nitrogen and oxygen atoms in total. The van der Waals surface area contributed by atoms with E-state index in [4.69, 9.17) is 14.7 Å². The van der Waals surface area contributed by atoms with E-state index >= 15 is 0 Å². The van der Waals surface area contributed by atoms with E-state index < -0.39 is 0 Å². The maximum Gasteiger partial charge on any atom is 0.280 e. The Kier molecular flexibility index (Phi) is 7.91. The minimum atomic E-state index is -0.180. The van der Waals surface area contributed by atoms with Crippen LogP contribution in [0.3, 0.4) is 0 Å². The summed E-state index contributed by atoms with van der Waals surface area (Å²) in [6, 6.07) is 10.1. The fraction of sp³-hybridized carbons (Fsp3) is 0.368. The number of anilines is 3. The lowest BCUT2D eigenvalue weighted by Gasteiger charge is -2.53. The fourth-order valence-electron chi connectivity index (χ4n) is 8.25. The average molecular weight is 682 g/mol. The van der Waals surface area contributed by atoms with Gasteiger partial charge in [0.2, 0.25) is 0 Å². The Morgan fingerprint density at radius 3 is 2.55 bits per heavy atom. The van der Waals surface area contributed by atoms with E-state index in [1.807, 2.05) is 48.9 Å². The summed E-state index contributed by atoms with van der Waals surface area (Å²) in [5.41, 5.74) is 7.64. The number of nitrogens with one attached hydrogen (secondary N) is 1. The molecule has 0 aromatic carbocycles. The van der Waals surface area contributed by atoms with Crippen molar-refractivity contribution < 1.29 is 4.74 Å². The maximum atomic E-state index is 14.0. The molecule has 51 heavy (non-hydrogen) atoms. The molecule has 0 unspecified atom stereocenters. The number of fused-ring (bicyclic) bond motifs is 3. The van der Waals surface area contributed by atoms with Crippen molar-refractivity contribution in [2.24, 2.45) is 12.5 Å². The van der Waals surface area contributed by atoms with E-state index in [1.165, 1.54) is 11.3 Å². The molecule has 0 spiro atoms. The number of pyridine rings is 3. The zero-order chi connectivity index (χ0) is 35.8. The minimum absolute atomic E-state index is 0.132. The molecule has 1 atom stereocenters. The monoisotopic (exact) mass is 682 g/mol. The van der Waals surface area contributed by atoms with Crippen LogP contribution in [0.4, 0.5) is 17.2 Å². The van der Waals surface area contributed by atoms with Gasteiger partial charge in [0.1, 0.15) is 38.5 Å². The van der Waals surface area contributed by atoms with E-state index in [1.54, 1.807) is 34.8 Å². The normalized spacial score (nSPS) is 19.5. The van der Waals surface area contributed by atoms with Gasteiger partial charge in [-0.15, -0.1) is 6.58 Å². The van der Waals surface area contributed by atoms with Crippen molar-refractivity contribution in [2.45, 2.75) is 45.1 Å². The molecule has 0 amide bonds. The van der Waals surface area contributed by atoms with Crippen LogP contribution in [0.15, 0.2) is 77.5 Å². The second kappa shape index (κ2) is 12.1. The van der Waals surface area contributed by atoms with Crippen molar-refractivity contribution in [1.29, 1.82) is 0 Å². The van der Waals surface area contributed by atoms with Gasteiger partial charge in [0.05, 0.1) is 25.1 Å². The first-order valence-corrected chi connectivity index (χ1v) is 17.8. The molecule has 3 aliphatic rings. The molecular formula is C38H44B2N8O3. The third-order valence-corrected chi connectivity index (χ3v) is 11.0. The van der Waals surface area contributed by atoms with Crippen LogP contribution in [0.2, 0.25) is 0 Å². The summed E-state index contributed by atoms with van der Waals surface area (Å²) >= 11 is 0. The largest absolute Gasteiger partial charge is 0.379 e. The average Bonchev–Trinajstić information content (AvgIpc) is 3.58. The smallest absolute Gasteiger partial charge is 0.280 e. The second-order valence-corrected chi connectivity index (χ2v) is 15.8. The van der Waals surface area contributed by atoms with Gasteiger partial charge < -0.3 is 23.9 Å². The van der Waals surface area contributed by atoms with Crippen LogP contribution in [0, 0.1) is 5.41 Å². The molecule has 1 N–H and O–H groups in total. The molecule has 13 heteroatoms. The third kappa shape index (κ3) is 5.72. The zero-order valence-electron chi connectivity index (χ0n) is 30.4. The summed E-state index contributed by atoms with van der Waals surface area (Å²) in [5.74, 6) is 1.08. The van der Waals surface area contributed by atoms with Gasteiger partial charge >= 0.3 is 0 Å².